The Kier molecular flexibility index (Phi) is 66.5. The van der Waals surface area contributed by atoms with Crippen LogP contribution in [0.3, 0.4) is 0 Å². The third kappa shape index (κ3) is 70.3. The lowest BCUT2D eigenvalue weighted by Crippen LogP contribution is -2.30. The van der Waals surface area contributed by atoms with E-state index in [1.807, 2.05) is 0 Å². The summed E-state index contributed by atoms with van der Waals surface area (Å²) in [4.78, 5) is 72.8. The SMILES string of the molecule is CCCCCCCCCCCCCCCCCCCC(=O)O[C@H](COC(=O)CCCCCCCCCCCCCCCC(C)C)COP(=O)(O)OC[C@@H](O)COP(=O)(O)OC[C@@H](COC(=O)CCCCCCCCCC(C)C)OC(=O)CCCCCCCCCCCCCC. The van der Waals surface area contributed by atoms with Crippen LogP contribution < -0.4 is 0 Å². The molecule has 5 atom stereocenters. The van der Waals surface area contributed by atoms with Gasteiger partial charge in [0.1, 0.15) is 19.3 Å². The van der Waals surface area contributed by atoms with Crippen LogP contribution in [0.4, 0.5) is 0 Å². The van der Waals surface area contributed by atoms with E-state index >= 15 is 0 Å². The number of hydrogen-bond acceptors (Lipinski definition) is 15. The van der Waals surface area contributed by atoms with Crippen molar-refractivity contribution < 1.29 is 80.2 Å². The van der Waals surface area contributed by atoms with Gasteiger partial charge in [0.05, 0.1) is 26.4 Å². The van der Waals surface area contributed by atoms with Gasteiger partial charge in [-0.2, -0.15) is 0 Å². The summed E-state index contributed by atoms with van der Waals surface area (Å²) in [7, 11) is -9.91. The molecule has 17 nitrogen and oxygen atoms in total. The molecule has 95 heavy (non-hydrogen) atoms. The lowest BCUT2D eigenvalue weighted by Gasteiger charge is -2.21. The summed E-state index contributed by atoms with van der Waals surface area (Å²) in [6.07, 6.45) is 55.5. The lowest BCUT2D eigenvalue weighted by atomic mass is 10.0. The Morgan fingerprint density at radius 3 is 0.716 bits per heavy atom. The smallest absolute Gasteiger partial charge is 0.462 e. The number of rotatable bonds is 75. The topological polar surface area (TPSA) is 237 Å². The second kappa shape index (κ2) is 67.9. The van der Waals surface area contributed by atoms with E-state index in [1.165, 1.54) is 205 Å². The Morgan fingerprint density at radius 1 is 0.284 bits per heavy atom. The minimum absolute atomic E-state index is 0.107. The highest BCUT2D eigenvalue weighted by Gasteiger charge is 2.30. The molecule has 0 heterocycles. The van der Waals surface area contributed by atoms with E-state index in [2.05, 4.69) is 41.5 Å². The number of esters is 4. The van der Waals surface area contributed by atoms with Gasteiger partial charge in [0.25, 0.3) is 0 Å². The number of phosphoric acid groups is 2. The molecule has 0 saturated carbocycles. The van der Waals surface area contributed by atoms with Crippen molar-refractivity contribution in [1.29, 1.82) is 0 Å². The van der Waals surface area contributed by atoms with Crippen molar-refractivity contribution in [3.05, 3.63) is 0 Å². The molecule has 0 aromatic heterocycles. The van der Waals surface area contributed by atoms with E-state index in [0.717, 1.165) is 102 Å². The Hall–Kier alpha value is -1.94. The van der Waals surface area contributed by atoms with Gasteiger partial charge in [0, 0.05) is 25.7 Å². The molecule has 564 valence electrons. The Balaban J connectivity index is 5.24. The molecule has 0 saturated heterocycles. The molecule has 0 radical (unpaired) electrons. The second-order valence-corrected chi connectivity index (χ2v) is 31.3. The van der Waals surface area contributed by atoms with E-state index in [4.69, 9.17) is 37.0 Å². The average Bonchev–Trinajstić information content (AvgIpc) is 1.30. The fourth-order valence-corrected chi connectivity index (χ4v) is 13.2. The first-order valence-electron chi connectivity index (χ1n) is 39.5. The minimum Gasteiger partial charge on any atom is -0.462 e. The highest BCUT2D eigenvalue weighted by molar-refractivity contribution is 7.47. The Labute approximate surface area is 581 Å². The van der Waals surface area contributed by atoms with Crippen molar-refractivity contribution in [1.82, 2.24) is 0 Å². The van der Waals surface area contributed by atoms with Gasteiger partial charge in [-0.3, -0.25) is 37.3 Å². The fraction of sp³-hybridized carbons (Fsp3) is 0.947. The van der Waals surface area contributed by atoms with Crippen LogP contribution in [0.5, 0.6) is 0 Å². The molecule has 0 amide bonds. The van der Waals surface area contributed by atoms with Crippen molar-refractivity contribution >= 4 is 39.5 Å². The highest BCUT2D eigenvalue weighted by atomic mass is 31.2. The molecular weight excluding hydrogens is 1250 g/mol. The molecule has 2 unspecified atom stereocenters. The summed E-state index contributed by atoms with van der Waals surface area (Å²) in [6.45, 7) is 9.56. The molecule has 0 rings (SSSR count). The molecule has 0 aromatic carbocycles. The van der Waals surface area contributed by atoms with Crippen molar-refractivity contribution in [3.63, 3.8) is 0 Å². The standard InChI is InChI=1S/C76H148O17P2/c1-7-9-11-13-15-17-19-21-22-23-24-27-32-36-42-49-55-61-76(81)92-71(64-86-73(78)58-52-46-40-34-31-28-25-26-29-33-38-44-50-56-68(3)4)66-90-94(82,83)88-62-70(77)63-89-95(84,85)91-67-72(65-87-74(79)59-53-47-43-37-39-45-51-57-69(5)6)93-75(80)60-54-48-41-35-30-20-18-16-14-12-10-8-2/h68-72,77H,7-67H2,1-6H3,(H,82,83)(H,84,85)/t70-,71-,72-/m1/s1. The number of carbonyl (C=O) groups is 4. The van der Waals surface area contributed by atoms with Crippen molar-refractivity contribution in [3.8, 4) is 0 Å². The number of aliphatic hydroxyl groups excluding tert-OH is 1. The maximum atomic E-state index is 13.1. The Morgan fingerprint density at radius 2 is 0.484 bits per heavy atom. The molecule has 0 aliphatic carbocycles. The highest BCUT2D eigenvalue weighted by Crippen LogP contribution is 2.45. The van der Waals surface area contributed by atoms with Gasteiger partial charge in [0.15, 0.2) is 12.2 Å². The first kappa shape index (κ1) is 93.1. The predicted molar refractivity (Wildman–Crippen MR) is 386 cm³/mol. The molecular formula is C76H148O17P2. The van der Waals surface area contributed by atoms with Gasteiger partial charge in [-0.1, -0.05) is 343 Å². The summed E-state index contributed by atoms with van der Waals surface area (Å²) < 4.78 is 68.5. The molecule has 0 spiro atoms. The summed E-state index contributed by atoms with van der Waals surface area (Å²) in [5.74, 6) is -0.618. The van der Waals surface area contributed by atoms with E-state index in [-0.39, 0.29) is 25.7 Å². The van der Waals surface area contributed by atoms with E-state index in [0.29, 0.717) is 31.6 Å². The number of ether oxygens (including phenoxy) is 4. The van der Waals surface area contributed by atoms with Gasteiger partial charge < -0.3 is 33.8 Å². The summed E-state index contributed by atoms with van der Waals surface area (Å²) in [5, 5.41) is 10.6. The maximum absolute atomic E-state index is 13.1. The first-order chi connectivity index (χ1) is 45.9. The normalized spacial score (nSPS) is 14.0. The molecule has 3 N–H and O–H groups in total. The monoisotopic (exact) mass is 1400 g/mol. The van der Waals surface area contributed by atoms with Gasteiger partial charge >= 0.3 is 39.5 Å². The van der Waals surface area contributed by atoms with Gasteiger partial charge in [-0.05, 0) is 37.5 Å². The summed E-state index contributed by atoms with van der Waals surface area (Å²) in [6, 6.07) is 0. The van der Waals surface area contributed by atoms with E-state index in [9.17, 15) is 43.2 Å². The predicted octanol–water partition coefficient (Wildman–Crippen LogP) is 22.3. The molecule has 0 bridgehead atoms. The van der Waals surface area contributed by atoms with Crippen molar-refractivity contribution in [2.45, 2.75) is 413 Å². The third-order valence-corrected chi connectivity index (χ3v) is 19.6. The summed E-state index contributed by atoms with van der Waals surface area (Å²) >= 11 is 0. The first-order valence-corrected chi connectivity index (χ1v) is 42.5. The fourth-order valence-electron chi connectivity index (χ4n) is 11.7. The quantitative estimate of drug-likeness (QED) is 0.0222. The second-order valence-electron chi connectivity index (χ2n) is 28.3. The van der Waals surface area contributed by atoms with Crippen LogP contribution in [0.1, 0.15) is 395 Å². The number of phosphoric ester groups is 2. The molecule has 0 aliphatic rings. The third-order valence-electron chi connectivity index (χ3n) is 17.7. The maximum Gasteiger partial charge on any atom is 0.472 e. The molecule has 19 heteroatoms. The summed E-state index contributed by atoms with van der Waals surface area (Å²) in [5.41, 5.74) is 0. The number of carbonyl (C=O) groups excluding carboxylic acids is 4. The van der Waals surface area contributed by atoms with Crippen molar-refractivity contribution in [2.24, 2.45) is 11.8 Å². The minimum atomic E-state index is -4.96. The molecule has 0 fully saturated rings. The number of unbranched alkanes of at least 4 members (excludes halogenated alkanes) is 45. The Bertz CT molecular complexity index is 1840. The largest absolute Gasteiger partial charge is 0.472 e. The molecule has 0 aliphatic heterocycles. The van der Waals surface area contributed by atoms with Crippen LogP contribution in [0.2, 0.25) is 0 Å². The van der Waals surface area contributed by atoms with Gasteiger partial charge in [0.2, 0.25) is 0 Å². The van der Waals surface area contributed by atoms with Gasteiger partial charge in [-0.25, -0.2) is 9.13 Å². The number of aliphatic hydroxyl groups is 1. The van der Waals surface area contributed by atoms with Crippen LogP contribution in [0, 0.1) is 11.8 Å². The van der Waals surface area contributed by atoms with Crippen LogP contribution >= 0.6 is 15.6 Å². The molecule has 0 aromatic rings. The van der Waals surface area contributed by atoms with E-state index in [1.54, 1.807) is 0 Å². The zero-order valence-electron chi connectivity index (χ0n) is 62.0. The van der Waals surface area contributed by atoms with Crippen LogP contribution in [-0.4, -0.2) is 96.7 Å². The van der Waals surface area contributed by atoms with Crippen LogP contribution in [0.25, 0.3) is 0 Å². The van der Waals surface area contributed by atoms with Crippen LogP contribution in [0.15, 0.2) is 0 Å². The van der Waals surface area contributed by atoms with Crippen LogP contribution in [-0.2, 0) is 65.4 Å². The number of hydrogen-bond donors (Lipinski definition) is 3. The lowest BCUT2D eigenvalue weighted by molar-refractivity contribution is -0.161. The van der Waals surface area contributed by atoms with E-state index < -0.39 is 97.5 Å². The van der Waals surface area contributed by atoms with Crippen molar-refractivity contribution in [2.75, 3.05) is 39.6 Å². The van der Waals surface area contributed by atoms with Gasteiger partial charge in [-0.15, -0.1) is 0 Å². The zero-order chi connectivity index (χ0) is 70.0. The zero-order valence-corrected chi connectivity index (χ0v) is 63.8. The average molecular weight is 1400 g/mol.